The molecule has 0 aliphatic carbocycles. The van der Waals surface area contributed by atoms with Gasteiger partial charge in [-0.3, -0.25) is 4.98 Å². The summed E-state index contributed by atoms with van der Waals surface area (Å²) in [6.45, 7) is 8.33. The van der Waals surface area contributed by atoms with Crippen LogP contribution < -0.4 is 0 Å². The Bertz CT molecular complexity index is 2040. The number of para-hydroxylation sites is 2. The van der Waals surface area contributed by atoms with E-state index in [0.29, 0.717) is 0 Å². The van der Waals surface area contributed by atoms with Gasteiger partial charge in [-0.1, -0.05) is 43.5 Å². The first kappa shape index (κ1) is 25.3. The standard InChI is InChI=1S/C33H25N5.Pt/c1-20-16-17-22(21(2)34-20)25-13-9-15-29(35-25)33(3,4)30-19-18-28-31(37-30)23-10-5-6-11-24(23)32-36-26-12-7-8-14-27(26)38(28)32;/h5-9,11-16,18-19H,1-4H3;/q-2;+2. The Balaban J connectivity index is 0.00000277. The number of rotatable bonds is 3. The summed E-state index contributed by atoms with van der Waals surface area (Å²) < 4.78 is 2.21. The van der Waals surface area contributed by atoms with E-state index in [1.54, 1.807) is 0 Å². The number of hydrogen-bond acceptors (Lipinski definition) is 4. The zero-order valence-corrected chi connectivity index (χ0v) is 24.3. The van der Waals surface area contributed by atoms with Gasteiger partial charge in [0.1, 0.15) is 5.65 Å². The van der Waals surface area contributed by atoms with E-state index in [1.165, 1.54) is 0 Å². The van der Waals surface area contributed by atoms with Crippen molar-refractivity contribution in [3.05, 3.63) is 114 Å². The van der Waals surface area contributed by atoms with E-state index in [4.69, 9.17) is 15.0 Å². The molecule has 0 aliphatic heterocycles. The van der Waals surface area contributed by atoms with E-state index >= 15 is 0 Å². The third kappa shape index (κ3) is 3.95. The summed E-state index contributed by atoms with van der Waals surface area (Å²) in [5.41, 5.74) is 10.00. The molecule has 2 aromatic carbocycles. The molecular weight excluding hydrogens is 661 g/mol. The zero-order chi connectivity index (χ0) is 26.0. The number of nitrogens with zero attached hydrogens (tertiary/aromatic N) is 5. The minimum atomic E-state index is -0.441. The first-order valence-electron chi connectivity index (χ1n) is 12.8. The molecule has 0 amide bonds. The molecule has 0 saturated carbocycles. The summed E-state index contributed by atoms with van der Waals surface area (Å²) in [6, 6.07) is 33.4. The molecule has 5 aromatic heterocycles. The number of pyridine rings is 4. The van der Waals surface area contributed by atoms with Crippen molar-refractivity contribution in [3.63, 3.8) is 0 Å². The Morgan fingerprint density at radius 3 is 2.41 bits per heavy atom. The van der Waals surface area contributed by atoms with Crippen LogP contribution in [0, 0.1) is 26.0 Å². The summed E-state index contributed by atoms with van der Waals surface area (Å²) in [7, 11) is 0. The second-order valence-corrected chi connectivity index (χ2v) is 10.3. The van der Waals surface area contributed by atoms with Gasteiger partial charge < -0.3 is 14.4 Å². The normalized spacial score (nSPS) is 11.9. The maximum atomic E-state index is 5.28. The fourth-order valence-corrected chi connectivity index (χ4v) is 5.38. The van der Waals surface area contributed by atoms with Crippen LogP contribution in [0.25, 0.3) is 49.7 Å². The first-order chi connectivity index (χ1) is 18.4. The van der Waals surface area contributed by atoms with Crippen molar-refractivity contribution in [2.24, 2.45) is 0 Å². The van der Waals surface area contributed by atoms with Crippen LogP contribution in [-0.4, -0.2) is 24.3 Å². The Labute approximate surface area is 241 Å². The monoisotopic (exact) mass is 686 g/mol. The molecule has 39 heavy (non-hydrogen) atoms. The summed E-state index contributed by atoms with van der Waals surface area (Å²) in [5.74, 6) is 0. The van der Waals surface area contributed by atoms with Gasteiger partial charge in [-0.05, 0) is 61.3 Å². The molecule has 0 aliphatic rings. The maximum absolute atomic E-state index is 5.28. The minimum absolute atomic E-state index is 0. The Morgan fingerprint density at radius 2 is 1.56 bits per heavy atom. The van der Waals surface area contributed by atoms with Gasteiger partial charge in [0.2, 0.25) is 0 Å². The molecule has 0 saturated heterocycles. The van der Waals surface area contributed by atoms with Crippen LogP contribution in [0.4, 0.5) is 0 Å². The molecule has 0 radical (unpaired) electrons. The fourth-order valence-electron chi connectivity index (χ4n) is 5.38. The van der Waals surface area contributed by atoms with Crippen LogP contribution in [0.2, 0.25) is 0 Å². The van der Waals surface area contributed by atoms with E-state index in [2.05, 4.69) is 83.9 Å². The maximum Gasteiger partial charge on any atom is 2.00 e. The van der Waals surface area contributed by atoms with E-state index in [9.17, 15) is 0 Å². The number of imidazole rings is 1. The van der Waals surface area contributed by atoms with Crippen molar-refractivity contribution < 1.29 is 21.1 Å². The number of aryl methyl sites for hydroxylation is 2. The van der Waals surface area contributed by atoms with Crippen LogP contribution >= 0.6 is 0 Å². The van der Waals surface area contributed by atoms with E-state index < -0.39 is 5.41 Å². The van der Waals surface area contributed by atoms with Gasteiger partial charge in [0, 0.05) is 27.8 Å². The molecule has 0 unspecified atom stereocenters. The third-order valence-electron chi connectivity index (χ3n) is 7.43. The average Bonchev–Trinajstić information content (AvgIpc) is 3.33. The topological polar surface area (TPSA) is 56.0 Å². The number of benzene rings is 2. The van der Waals surface area contributed by atoms with E-state index in [-0.39, 0.29) is 21.1 Å². The predicted molar refractivity (Wildman–Crippen MR) is 152 cm³/mol. The van der Waals surface area contributed by atoms with Gasteiger partial charge in [-0.15, -0.1) is 47.3 Å². The molecule has 6 heteroatoms. The van der Waals surface area contributed by atoms with Crippen LogP contribution in [-0.2, 0) is 26.5 Å². The average molecular weight is 687 g/mol. The third-order valence-corrected chi connectivity index (χ3v) is 7.43. The van der Waals surface area contributed by atoms with Gasteiger partial charge in [-0.25, -0.2) is 4.98 Å². The molecule has 5 heterocycles. The van der Waals surface area contributed by atoms with Gasteiger partial charge >= 0.3 is 21.1 Å². The van der Waals surface area contributed by atoms with Crippen LogP contribution in [0.1, 0.15) is 36.6 Å². The minimum Gasteiger partial charge on any atom is -0.354 e. The van der Waals surface area contributed by atoms with Gasteiger partial charge in [0.15, 0.2) is 0 Å². The first-order valence-corrected chi connectivity index (χ1v) is 12.8. The number of aromatic nitrogens is 5. The van der Waals surface area contributed by atoms with Crippen molar-refractivity contribution in [2.75, 3.05) is 0 Å². The summed E-state index contributed by atoms with van der Waals surface area (Å²) in [5, 5.41) is 2.01. The number of fused-ring (bicyclic) bond motifs is 8. The molecule has 0 N–H and O–H groups in total. The van der Waals surface area contributed by atoms with E-state index in [0.717, 1.165) is 72.5 Å². The Kier molecular flexibility index (Phi) is 6.08. The van der Waals surface area contributed by atoms with Gasteiger partial charge in [-0.2, -0.15) is 0 Å². The molecule has 192 valence electrons. The Hall–Kier alpha value is -3.95. The zero-order valence-electron chi connectivity index (χ0n) is 22.1. The van der Waals surface area contributed by atoms with Crippen molar-refractivity contribution in [2.45, 2.75) is 33.1 Å². The SMILES string of the molecule is Cc1c[c-]c(-c2cccc(C(C)(C)c3ccc4c(n3)c3[c-]cccc3c3nc5ccccc5n43)n2)c(C)n1.[Pt+2]. The molecule has 0 bridgehead atoms. The smallest absolute Gasteiger partial charge is 0.354 e. The molecule has 0 atom stereocenters. The molecule has 0 spiro atoms. The largest absolute Gasteiger partial charge is 2.00 e. The van der Waals surface area contributed by atoms with Crippen LogP contribution in [0.15, 0.2) is 78.9 Å². The van der Waals surface area contributed by atoms with Crippen molar-refractivity contribution in [3.8, 4) is 11.3 Å². The van der Waals surface area contributed by atoms with Crippen LogP contribution in [0.5, 0.6) is 0 Å². The van der Waals surface area contributed by atoms with Crippen molar-refractivity contribution >= 4 is 38.5 Å². The van der Waals surface area contributed by atoms with Crippen molar-refractivity contribution in [1.29, 1.82) is 0 Å². The fraction of sp³-hybridized carbons (Fsp3) is 0.152. The molecular formula is C33H25N5Pt. The second kappa shape index (κ2) is 9.36. The molecule has 7 aromatic rings. The summed E-state index contributed by atoms with van der Waals surface area (Å²) in [6.07, 6.45) is 0. The molecule has 5 nitrogen and oxygen atoms in total. The number of hydrogen-bond donors (Lipinski definition) is 0. The van der Waals surface area contributed by atoms with Crippen molar-refractivity contribution in [1.82, 2.24) is 24.3 Å². The van der Waals surface area contributed by atoms with Crippen LogP contribution in [0.3, 0.4) is 0 Å². The summed E-state index contributed by atoms with van der Waals surface area (Å²) >= 11 is 0. The molecule has 0 fully saturated rings. The second-order valence-electron chi connectivity index (χ2n) is 10.3. The quantitative estimate of drug-likeness (QED) is 0.146. The van der Waals surface area contributed by atoms with Gasteiger partial charge in [0.25, 0.3) is 0 Å². The summed E-state index contributed by atoms with van der Waals surface area (Å²) in [4.78, 5) is 19.9. The van der Waals surface area contributed by atoms with Gasteiger partial charge in [0.05, 0.1) is 11.0 Å². The van der Waals surface area contributed by atoms with E-state index in [1.807, 2.05) is 44.2 Å². The molecule has 7 rings (SSSR count). The Morgan fingerprint density at radius 1 is 0.744 bits per heavy atom. The predicted octanol–water partition coefficient (Wildman–Crippen LogP) is 7.19.